The van der Waals surface area contributed by atoms with Crippen LogP contribution in [0.2, 0.25) is 5.02 Å². The number of rotatable bonds is 6. The molecule has 150 valence electrons. The minimum Gasteiger partial charge on any atom is -0.479 e. The quantitative estimate of drug-likeness (QED) is 0.440. The van der Waals surface area contributed by atoms with Crippen LogP contribution < -0.4 is 9.75 Å². The molecule has 0 unspecified atom stereocenters. The normalized spacial score (nSPS) is 14.9. The Labute approximate surface area is 181 Å². The van der Waals surface area contributed by atoms with Crippen LogP contribution >= 0.6 is 27.5 Å². The van der Waals surface area contributed by atoms with Crippen molar-refractivity contribution >= 4 is 56.9 Å². The number of esters is 1. The van der Waals surface area contributed by atoms with Crippen LogP contribution in [-0.4, -0.2) is 30.8 Å². The van der Waals surface area contributed by atoms with Crippen LogP contribution in [0.4, 0.5) is 5.69 Å². The Morgan fingerprint density at radius 3 is 2.66 bits per heavy atom. The highest BCUT2D eigenvalue weighted by Crippen LogP contribution is 2.35. The summed E-state index contributed by atoms with van der Waals surface area (Å²) in [4.78, 5) is 24.3. The standard InChI is InChI=1S/C21H18BrClN2O4/c1-3-28-19(26)12-29-20-17(22)10-14(11-18(20)23)9-16-13(2)24-25(21(16)27)15-7-5-4-6-8-15/h4-11H,3,12H2,1-2H3/b16-9+. The number of para-hydroxylation sites is 1. The second-order valence-electron chi connectivity index (χ2n) is 6.10. The molecule has 0 aromatic heterocycles. The van der Waals surface area contributed by atoms with E-state index in [4.69, 9.17) is 21.1 Å². The van der Waals surface area contributed by atoms with E-state index in [1.165, 1.54) is 5.01 Å². The number of carbonyl (C=O) groups is 2. The molecule has 29 heavy (non-hydrogen) atoms. The van der Waals surface area contributed by atoms with Gasteiger partial charge >= 0.3 is 5.97 Å². The third-order valence-corrected chi connectivity index (χ3v) is 4.90. The van der Waals surface area contributed by atoms with Gasteiger partial charge in [-0.1, -0.05) is 29.8 Å². The molecule has 1 amide bonds. The fourth-order valence-electron chi connectivity index (χ4n) is 2.73. The number of benzene rings is 2. The first kappa shape index (κ1) is 21.1. The van der Waals surface area contributed by atoms with Crippen molar-refractivity contribution in [3.05, 3.63) is 63.1 Å². The molecule has 8 heteroatoms. The average Bonchev–Trinajstić information content (AvgIpc) is 2.96. The molecule has 0 saturated carbocycles. The first-order valence-electron chi connectivity index (χ1n) is 8.85. The van der Waals surface area contributed by atoms with E-state index in [1.54, 1.807) is 32.1 Å². The van der Waals surface area contributed by atoms with Crippen molar-refractivity contribution in [2.45, 2.75) is 13.8 Å². The molecule has 0 spiro atoms. The summed E-state index contributed by atoms with van der Waals surface area (Å²) in [6, 6.07) is 12.6. The van der Waals surface area contributed by atoms with Crippen LogP contribution in [0.15, 0.2) is 57.6 Å². The maximum absolute atomic E-state index is 12.8. The van der Waals surface area contributed by atoms with Gasteiger partial charge in [0.2, 0.25) is 0 Å². The van der Waals surface area contributed by atoms with Crippen molar-refractivity contribution in [3.63, 3.8) is 0 Å². The second-order valence-corrected chi connectivity index (χ2v) is 7.36. The molecule has 2 aromatic rings. The zero-order valence-corrected chi connectivity index (χ0v) is 18.2. The van der Waals surface area contributed by atoms with Crippen molar-refractivity contribution in [2.24, 2.45) is 5.10 Å². The van der Waals surface area contributed by atoms with E-state index in [1.807, 2.05) is 30.3 Å². The lowest BCUT2D eigenvalue weighted by Gasteiger charge is -2.12. The molecule has 1 heterocycles. The van der Waals surface area contributed by atoms with E-state index in [-0.39, 0.29) is 19.1 Å². The van der Waals surface area contributed by atoms with Gasteiger partial charge in [-0.2, -0.15) is 10.1 Å². The summed E-state index contributed by atoms with van der Waals surface area (Å²) in [7, 11) is 0. The zero-order valence-electron chi connectivity index (χ0n) is 15.8. The number of anilines is 1. The highest BCUT2D eigenvalue weighted by molar-refractivity contribution is 9.10. The summed E-state index contributed by atoms with van der Waals surface area (Å²) in [5.41, 5.74) is 2.46. The topological polar surface area (TPSA) is 68.2 Å². The van der Waals surface area contributed by atoms with E-state index < -0.39 is 5.97 Å². The van der Waals surface area contributed by atoms with Gasteiger partial charge in [-0.15, -0.1) is 0 Å². The van der Waals surface area contributed by atoms with Crippen LogP contribution in [0.1, 0.15) is 19.4 Å². The minimum absolute atomic E-state index is 0.219. The Balaban J connectivity index is 1.83. The molecule has 0 fully saturated rings. The Bertz CT molecular complexity index is 982. The molecule has 0 atom stereocenters. The minimum atomic E-state index is -0.481. The molecule has 0 N–H and O–H groups in total. The van der Waals surface area contributed by atoms with Gasteiger partial charge in [0, 0.05) is 0 Å². The zero-order chi connectivity index (χ0) is 21.0. The van der Waals surface area contributed by atoms with Crippen LogP contribution in [0.5, 0.6) is 5.75 Å². The SMILES string of the molecule is CCOC(=O)COc1c(Cl)cc(/C=C2/C(=O)N(c3ccccc3)N=C2C)cc1Br. The summed E-state index contributed by atoms with van der Waals surface area (Å²) < 4.78 is 10.8. The first-order chi connectivity index (χ1) is 13.9. The average molecular weight is 478 g/mol. The van der Waals surface area contributed by atoms with Gasteiger partial charge in [0.25, 0.3) is 5.91 Å². The van der Waals surface area contributed by atoms with Crippen molar-refractivity contribution in [2.75, 3.05) is 18.2 Å². The lowest BCUT2D eigenvalue weighted by atomic mass is 10.1. The number of amides is 1. The fourth-order valence-corrected chi connectivity index (χ4v) is 3.72. The van der Waals surface area contributed by atoms with E-state index in [9.17, 15) is 9.59 Å². The van der Waals surface area contributed by atoms with Crippen LogP contribution in [0.3, 0.4) is 0 Å². The van der Waals surface area contributed by atoms with Crippen molar-refractivity contribution in [1.29, 1.82) is 0 Å². The predicted octanol–water partition coefficient (Wildman–Crippen LogP) is 4.85. The number of hydrogen-bond donors (Lipinski definition) is 0. The smallest absolute Gasteiger partial charge is 0.344 e. The number of hydrogen-bond acceptors (Lipinski definition) is 5. The summed E-state index contributed by atoms with van der Waals surface area (Å²) >= 11 is 9.71. The summed E-state index contributed by atoms with van der Waals surface area (Å²) in [5.74, 6) is -0.370. The molecular formula is C21H18BrClN2O4. The van der Waals surface area contributed by atoms with Gasteiger partial charge in [-0.3, -0.25) is 4.79 Å². The number of carbonyl (C=O) groups excluding carboxylic acids is 2. The largest absolute Gasteiger partial charge is 0.479 e. The van der Waals surface area contributed by atoms with Crippen LogP contribution in [0, 0.1) is 0 Å². The Morgan fingerprint density at radius 1 is 1.28 bits per heavy atom. The molecule has 6 nitrogen and oxygen atoms in total. The third-order valence-electron chi connectivity index (χ3n) is 4.03. The second kappa shape index (κ2) is 9.24. The molecule has 1 aliphatic rings. The van der Waals surface area contributed by atoms with E-state index in [2.05, 4.69) is 21.0 Å². The van der Waals surface area contributed by atoms with Gasteiger partial charge in [0.15, 0.2) is 12.4 Å². The maximum atomic E-state index is 12.8. The predicted molar refractivity (Wildman–Crippen MR) is 116 cm³/mol. The molecule has 0 radical (unpaired) electrons. The molecule has 3 rings (SSSR count). The van der Waals surface area contributed by atoms with Crippen LogP contribution in [0.25, 0.3) is 6.08 Å². The molecule has 0 aliphatic carbocycles. The summed E-state index contributed by atoms with van der Waals surface area (Å²) in [6.07, 6.45) is 1.72. The Morgan fingerprint density at radius 2 is 2.00 bits per heavy atom. The van der Waals surface area contributed by atoms with Gasteiger partial charge in [-0.25, -0.2) is 4.79 Å². The van der Waals surface area contributed by atoms with Crippen LogP contribution in [-0.2, 0) is 14.3 Å². The summed E-state index contributed by atoms with van der Waals surface area (Å²) in [6.45, 7) is 3.53. The van der Waals surface area contributed by atoms with Gasteiger partial charge in [0.1, 0.15) is 0 Å². The van der Waals surface area contributed by atoms with Crippen molar-refractivity contribution in [1.82, 2.24) is 0 Å². The van der Waals surface area contributed by atoms with Crippen molar-refractivity contribution in [3.8, 4) is 5.75 Å². The number of nitrogens with zero attached hydrogens (tertiary/aromatic N) is 2. The number of ether oxygens (including phenoxy) is 2. The Hall–Kier alpha value is -2.64. The lowest BCUT2D eigenvalue weighted by Crippen LogP contribution is -2.21. The fraction of sp³-hybridized carbons (Fsp3) is 0.190. The first-order valence-corrected chi connectivity index (χ1v) is 10.0. The van der Waals surface area contributed by atoms with E-state index >= 15 is 0 Å². The lowest BCUT2D eigenvalue weighted by molar-refractivity contribution is -0.145. The molecular weight excluding hydrogens is 460 g/mol. The highest BCUT2D eigenvalue weighted by Gasteiger charge is 2.28. The third kappa shape index (κ3) is 4.86. The number of hydrazone groups is 1. The van der Waals surface area contributed by atoms with E-state index in [0.29, 0.717) is 37.8 Å². The Kier molecular flexibility index (Phi) is 6.71. The van der Waals surface area contributed by atoms with Crippen molar-refractivity contribution < 1.29 is 19.1 Å². The van der Waals surface area contributed by atoms with Gasteiger partial charge in [-0.05, 0) is 65.7 Å². The van der Waals surface area contributed by atoms with E-state index in [0.717, 1.165) is 0 Å². The van der Waals surface area contributed by atoms with Gasteiger partial charge < -0.3 is 9.47 Å². The monoisotopic (exact) mass is 476 g/mol. The molecule has 0 saturated heterocycles. The molecule has 0 bridgehead atoms. The summed E-state index contributed by atoms with van der Waals surface area (Å²) in [5, 5.41) is 6.03. The highest BCUT2D eigenvalue weighted by atomic mass is 79.9. The maximum Gasteiger partial charge on any atom is 0.344 e. The van der Waals surface area contributed by atoms with Gasteiger partial charge in [0.05, 0.1) is 33.1 Å². The molecule has 2 aromatic carbocycles. The number of halogens is 2. The molecule has 1 aliphatic heterocycles.